The Morgan fingerprint density at radius 1 is 1.36 bits per heavy atom. The molecule has 1 amide bonds. The molecular formula is C18H24BrN3O3. The minimum Gasteiger partial charge on any atom is -0.487 e. The van der Waals surface area contributed by atoms with Gasteiger partial charge in [0.15, 0.2) is 11.4 Å². The van der Waals surface area contributed by atoms with E-state index in [-0.39, 0.29) is 22.7 Å². The zero-order chi connectivity index (χ0) is 17.9. The van der Waals surface area contributed by atoms with E-state index in [1.807, 2.05) is 23.7 Å². The maximum atomic E-state index is 13.2. The van der Waals surface area contributed by atoms with Gasteiger partial charge in [0.05, 0.1) is 11.1 Å². The summed E-state index contributed by atoms with van der Waals surface area (Å²) in [6, 6.07) is 0. The van der Waals surface area contributed by atoms with E-state index < -0.39 is 0 Å². The topological polar surface area (TPSA) is 54.8 Å². The zero-order valence-corrected chi connectivity index (χ0v) is 16.5. The minimum absolute atomic E-state index is 0.123. The number of halogens is 1. The maximum absolute atomic E-state index is 13.2. The first-order valence-corrected chi connectivity index (χ1v) is 9.83. The summed E-state index contributed by atoms with van der Waals surface area (Å²) in [5.74, 6) is 1.28. The quantitative estimate of drug-likeness (QED) is 0.717. The summed E-state index contributed by atoms with van der Waals surface area (Å²) < 4.78 is 8.03. The van der Waals surface area contributed by atoms with Crippen LogP contribution >= 0.6 is 15.9 Å². The molecule has 2 heterocycles. The van der Waals surface area contributed by atoms with Gasteiger partial charge in [-0.05, 0) is 47.5 Å². The molecule has 1 aromatic heterocycles. The number of pyridine rings is 1. The van der Waals surface area contributed by atoms with Crippen LogP contribution in [0, 0.1) is 11.8 Å². The number of aromatic nitrogens is 1. The number of rotatable bonds is 4. The number of hydrogen-bond donors (Lipinski definition) is 0. The Morgan fingerprint density at radius 2 is 2.12 bits per heavy atom. The molecule has 0 aromatic carbocycles. The molecule has 2 saturated carbocycles. The molecule has 0 N–H and O–H groups in total. The number of amides is 1. The average Bonchev–Trinajstić information content (AvgIpc) is 3.29. The van der Waals surface area contributed by atoms with Gasteiger partial charge in [0.25, 0.3) is 5.91 Å². The number of unbranched alkanes of at least 4 members (excludes halogenated alkanes) is 1. The lowest BCUT2D eigenvalue weighted by molar-refractivity contribution is 0.0327. The molecule has 0 saturated heterocycles. The number of ether oxygens (including phenoxy) is 1. The third-order valence-electron chi connectivity index (χ3n) is 6.22. The number of carbonyl (C=O) groups excluding carboxylic acids is 1. The van der Waals surface area contributed by atoms with Crippen LogP contribution in [-0.4, -0.2) is 41.8 Å². The summed E-state index contributed by atoms with van der Waals surface area (Å²) in [6.45, 7) is 2.50. The average molecular weight is 410 g/mol. The van der Waals surface area contributed by atoms with Gasteiger partial charge in [-0.25, -0.2) is 0 Å². The highest BCUT2D eigenvalue weighted by atomic mass is 79.9. The predicted molar refractivity (Wildman–Crippen MR) is 98.6 cm³/mol. The van der Waals surface area contributed by atoms with Crippen LogP contribution < -0.4 is 15.2 Å². The second-order valence-corrected chi connectivity index (χ2v) is 8.29. The van der Waals surface area contributed by atoms with Crippen LogP contribution in [0.4, 0.5) is 0 Å². The number of carbonyl (C=O) groups is 1. The molecule has 25 heavy (non-hydrogen) atoms. The largest absolute Gasteiger partial charge is 0.487 e. The summed E-state index contributed by atoms with van der Waals surface area (Å²) in [4.78, 5) is 27.7. The van der Waals surface area contributed by atoms with Crippen molar-refractivity contribution in [1.82, 2.24) is 9.58 Å². The minimum atomic E-state index is -0.288. The molecule has 2 aliphatic carbocycles. The Bertz CT molecular complexity index is 793. The first-order valence-electron chi connectivity index (χ1n) is 9.03. The van der Waals surface area contributed by atoms with Gasteiger partial charge in [0.2, 0.25) is 5.43 Å². The summed E-state index contributed by atoms with van der Waals surface area (Å²) in [5, 5.41) is 2.14. The molecule has 7 heteroatoms. The molecule has 1 spiro atoms. The monoisotopic (exact) mass is 409 g/mol. The van der Waals surface area contributed by atoms with Crippen LogP contribution in [0.25, 0.3) is 0 Å². The van der Waals surface area contributed by atoms with Gasteiger partial charge in [-0.15, -0.1) is 0 Å². The summed E-state index contributed by atoms with van der Waals surface area (Å²) in [7, 11) is 3.88. The van der Waals surface area contributed by atoms with Crippen molar-refractivity contribution in [2.24, 2.45) is 11.8 Å². The second kappa shape index (κ2) is 5.76. The Hall–Kier alpha value is -1.50. The Morgan fingerprint density at radius 3 is 2.72 bits per heavy atom. The van der Waals surface area contributed by atoms with E-state index in [2.05, 4.69) is 27.9 Å². The van der Waals surface area contributed by atoms with E-state index in [1.165, 1.54) is 6.42 Å². The molecule has 1 aromatic rings. The third-order valence-corrected chi connectivity index (χ3v) is 6.78. The van der Waals surface area contributed by atoms with Gasteiger partial charge < -0.3 is 9.64 Å². The van der Waals surface area contributed by atoms with E-state index in [0.29, 0.717) is 22.7 Å². The van der Waals surface area contributed by atoms with Gasteiger partial charge in [-0.3, -0.25) is 19.3 Å². The summed E-state index contributed by atoms with van der Waals surface area (Å²) in [5.41, 5.74) is -0.211. The normalized spacial score (nSPS) is 29.8. The molecule has 0 radical (unpaired) electrons. The highest BCUT2D eigenvalue weighted by Crippen LogP contribution is 2.61. The van der Waals surface area contributed by atoms with Crippen LogP contribution in [0.15, 0.2) is 15.5 Å². The zero-order valence-electron chi connectivity index (χ0n) is 14.9. The molecule has 2 unspecified atom stereocenters. The van der Waals surface area contributed by atoms with E-state index in [9.17, 15) is 9.59 Å². The Kier molecular flexibility index (Phi) is 3.90. The smallest absolute Gasteiger partial charge is 0.278 e. The van der Waals surface area contributed by atoms with Crippen molar-refractivity contribution < 1.29 is 9.53 Å². The number of nitrogens with zero attached hydrogens (tertiary/aromatic N) is 3. The molecule has 0 bridgehead atoms. The number of hydrogen-bond acceptors (Lipinski definition) is 4. The summed E-state index contributed by atoms with van der Waals surface area (Å²) >= 11 is 3.35. The van der Waals surface area contributed by atoms with E-state index >= 15 is 0 Å². The SMILES string of the molecule is CCCCOc1c2n(cc(Br)c1=O)N(C)C1(CC[C@@H]3CC31)N(C)C2=O. The fraction of sp³-hybridized carbons (Fsp3) is 0.667. The Labute approximate surface area is 155 Å². The van der Waals surface area contributed by atoms with Gasteiger partial charge in [0, 0.05) is 26.2 Å². The van der Waals surface area contributed by atoms with Crippen molar-refractivity contribution >= 4 is 21.8 Å². The molecule has 2 fully saturated rings. The Balaban J connectivity index is 1.84. The van der Waals surface area contributed by atoms with Crippen molar-refractivity contribution in [1.29, 1.82) is 0 Å². The molecule has 4 rings (SSSR count). The molecule has 6 nitrogen and oxygen atoms in total. The highest BCUT2D eigenvalue weighted by Gasteiger charge is 2.65. The van der Waals surface area contributed by atoms with E-state index in [4.69, 9.17) is 4.74 Å². The van der Waals surface area contributed by atoms with Crippen LogP contribution in [0.2, 0.25) is 0 Å². The van der Waals surface area contributed by atoms with E-state index in [0.717, 1.165) is 31.6 Å². The lowest BCUT2D eigenvalue weighted by Gasteiger charge is -2.52. The van der Waals surface area contributed by atoms with E-state index in [1.54, 1.807) is 6.20 Å². The molecule has 1 aliphatic heterocycles. The fourth-order valence-corrected chi connectivity index (χ4v) is 5.08. The first kappa shape index (κ1) is 16.9. The predicted octanol–water partition coefficient (Wildman–Crippen LogP) is 2.57. The first-order chi connectivity index (χ1) is 11.9. The van der Waals surface area contributed by atoms with Gasteiger partial charge in [0.1, 0.15) is 5.66 Å². The lowest BCUT2D eigenvalue weighted by atomic mass is 9.99. The lowest BCUT2D eigenvalue weighted by Crippen LogP contribution is -2.68. The number of fused-ring (bicyclic) bond motifs is 3. The van der Waals surface area contributed by atoms with Gasteiger partial charge in [-0.2, -0.15) is 0 Å². The third kappa shape index (κ3) is 2.20. The molecule has 3 atom stereocenters. The van der Waals surface area contributed by atoms with Crippen molar-refractivity contribution in [2.75, 3.05) is 25.7 Å². The van der Waals surface area contributed by atoms with Crippen LogP contribution in [0.5, 0.6) is 5.75 Å². The highest BCUT2D eigenvalue weighted by molar-refractivity contribution is 9.10. The summed E-state index contributed by atoms with van der Waals surface area (Å²) in [6.07, 6.45) is 6.83. The maximum Gasteiger partial charge on any atom is 0.278 e. The molecular weight excluding hydrogens is 386 g/mol. The van der Waals surface area contributed by atoms with Gasteiger partial charge >= 0.3 is 0 Å². The van der Waals surface area contributed by atoms with Crippen molar-refractivity contribution in [2.45, 2.75) is 44.7 Å². The fourth-order valence-electron chi connectivity index (χ4n) is 4.71. The van der Waals surface area contributed by atoms with Crippen molar-refractivity contribution in [3.05, 3.63) is 26.6 Å². The molecule has 3 aliphatic rings. The second-order valence-electron chi connectivity index (χ2n) is 7.44. The molecule has 136 valence electrons. The van der Waals surface area contributed by atoms with Crippen LogP contribution in [-0.2, 0) is 0 Å². The standard InChI is InChI=1S/C18H24BrN3O3/c1-4-5-8-25-16-14-17(24)20(2)18(7-6-11-9-12(11)18)21(3)22(14)10-13(19)15(16)23/h10-12H,4-9H2,1-3H3/t11-,12?,18?/m1/s1. The van der Waals surface area contributed by atoms with Gasteiger partial charge in [-0.1, -0.05) is 13.3 Å². The van der Waals surface area contributed by atoms with Crippen LogP contribution in [0.3, 0.4) is 0 Å². The van der Waals surface area contributed by atoms with Crippen molar-refractivity contribution in [3.8, 4) is 5.75 Å². The van der Waals surface area contributed by atoms with Crippen molar-refractivity contribution in [3.63, 3.8) is 0 Å². The van der Waals surface area contributed by atoms with Crippen LogP contribution in [0.1, 0.15) is 49.5 Å².